The molecule has 1 rings (SSSR count). The van der Waals surface area contributed by atoms with Gasteiger partial charge in [-0.15, -0.1) is 0 Å². The molecular weight excluding hydrogens is 314 g/mol. The molecule has 2 atom stereocenters. The number of halogens is 1. The van der Waals surface area contributed by atoms with Crippen LogP contribution in [0.1, 0.15) is 51.6 Å². The maximum Gasteiger partial charge on any atom is 0.124 e. The SMILES string of the molecule is CCC[C@@H](CC(C)(C)S(N)=O)c1cncc(Br)n1. The highest BCUT2D eigenvalue weighted by atomic mass is 79.9. The monoisotopic (exact) mass is 333 g/mol. The number of nitrogens with two attached hydrogens (primary N) is 1. The lowest BCUT2D eigenvalue weighted by Gasteiger charge is -2.26. The summed E-state index contributed by atoms with van der Waals surface area (Å²) in [4.78, 5) is 8.60. The van der Waals surface area contributed by atoms with Gasteiger partial charge in [0, 0.05) is 12.1 Å². The summed E-state index contributed by atoms with van der Waals surface area (Å²) in [6, 6.07) is 0. The van der Waals surface area contributed by atoms with E-state index in [0.717, 1.165) is 29.6 Å². The van der Waals surface area contributed by atoms with Crippen LogP contribution < -0.4 is 5.14 Å². The van der Waals surface area contributed by atoms with Gasteiger partial charge in [-0.05, 0) is 42.6 Å². The average molecular weight is 334 g/mol. The molecule has 0 aliphatic rings. The molecule has 1 aromatic heterocycles. The Labute approximate surface area is 120 Å². The molecule has 1 heterocycles. The van der Waals surface area contributed by atoms with Crippen molar-refractivity contribution < 1.29 is 4.21 Å². The van der Waals surface area contributed by atoms with Crippen molar-refractivity contribution in [3.05, 3.63) is 22.7 Å². The molecule has 6 heteroatoms. The molecule has 1 unspecified atom stereocenters. The Morgan fingerprint density at radius 3 is 2.67 bits per heavy atom. The van der Waals surface area contributed by atoms with E-state index in [-0.39, 0.29) is 5.92 Å². The molecule has 18 heavy (non-hydrogen) atoms. The van der Waals surface area contributed by atoms with E-state index in [1.807, 2.05) is 13.8 Å². The summed E-state index contributed by atoms with van der Waals surface area (Å²) in [5, 5.41) is 5.55. The first kappa shape index (κ1) is 15.7. The Balaban J connectivity index is 2.93. The fourth-order valence-corrected chi connectivity index (χ4v) is 2.62. The summed E-state index contributed by atoms with van der Waals surface area (Å²) in [6.07, 6.45) is 6.23. The minimum Gasteiger partial charge on any atom is -0.260 e. The van der Waals surface area contributed by atoms with Crippen LogP contribution in [0.4, 0.5) is 0 Å². The molecule has 2 N–H and O–H groups in total. The summed E-state index contributed by atoms with van der Waals surface area (Å²) in [5.74, 6) is 0.238. The summed E-state index contributed by atoms with van der Waals surface area (Å²) in [6.45, 7) is 5.99. The molecular formula is C12H20BrN3OS. The van der Waals surface area contributed by atoms with Crippen LogP contribution in [-0.4, -0.2) is 18.9 Å². The van der Waals surface area contributed by atoms with E-state index >= 15 is 0 Å². The lowest BCUT2D eigenvalue weighted by molar-refractivity contribution is 0.480. The van der Waals surface area contributed by atoms with Crippen LogP contribution in [0.25, 0.3) is 0 Å². The Morgan fingerprint density at radius 2 is 2.17 bits per heavy atom. The average Bonchev–Trinajstić information content (AvgIpc) is 2.28. The second kappa shape index (κ2) is 6.73. The van der Waals surface area contributed by atoms with Gasteiger partial charge in [0.1, 0.15) is 4.60 Å². The summed E-state index contributed by atoms with van der Waals surface area (Å²) >= 11 is 3.33. The number of hydrogen-bond acceptors (Lipinski definition) is 3. The number of aromatic nitrogens is 2. The Hall–Kier alpha value is -0.330. The molecule has 0 aliphatic carbocycles. The molecule has 0 bridgehead atoms. The van der Waals surface area contributed by atoms with Crippen molar-refractivity contribution in [3.63, 3.8) is 0 Å². The summed E-state index contributed by atoms with van der Waals surface area (Å²) in [7, 11) is -1.34. The van der Waals surface area contributed by atoms with Crippen molar-refractivity contribution >= 4 is 26.9 Å². The predicted molar refractivity (Wildman–Crippen MR) is 78.4 cm³/mol. The van der Waals surface area contributed by atoms with Crippen molar-refractivity contribution in [1.29, 1.82) is 0 Å². The first-order chi connectivity index (χ1) is 8.36. The van der Waals surface area contributed by atoms with Crippen molar-refractivity contribution in [2.24, 2.45) is 5.14 Å². The van der Waals surface area contributed by atoms with E-state index < -0.39 is 15.7 Å². The zero-order chi connectivity index (χ0) is 13.8. The van der Waals surface area contributed by atoms with Gasteiger partial charge in [-0.3, -0.25) is 10.1 Å². The molecule has 0 saturated carbocycles. The molecule has 0 amide bonds. The Kier molecular flexibility index (Phi) is 5.88. The van der Waals surface area contributed by atoms with Crippen LogP contribution in [0, 0.1) is 0 Å². The van der Waals surface area contributed by atoms with Gasteiger partial charge < -0.3 is 0 Å². The first-order valence-corrected chi connectivity index (χ1v) is 8.01. The third kappa shape index (κ3) is 4.40. The van der Waals surface area contributed by atoms with Crippen LogP contribution in [0.3, 0.4) is 0 Å². The van der Waals surface area contributed by atoms with Crippen molar-refractivity contribution in [2.45, 2.75) is 50.7 Å². The minimum absolute atomic E-state index is 0.238. The second-order valence-electron chi connectivity index (χ2n) is 5.01. The van der Waals surface area contributed by atoms with E-state index in [9.17, 15) is 4.21 Å². The molecule has 0 radical (unpaired) electrons. The largest absolute Gasteiger partial charge is 0.260 e. The van der Waals surface area contributed by atoms with Gasteiger partial charge in [-0.2, -0.15) is 0 Å². The molecule has 0 fully saturated rings. The molecule has 102 valence electrons. The zero-order valence-corrected chi connectivity index (χ0v) is 13.4. The quantitative estimate of drug-likeness (QED) is 0.870. The second-order valence-corrected chi connectivity index (χ2v) is 7.53. The number of rotatable bonds is 6. The lowest BCUT2D eigenvalue weighted by atomic mass is 9.90. The van der Waals surface area contributed by atoms with Crippen LogP contribution in [0.2, 0.25) is 0 Å². The Bertz CT molecular complexity index is 426. The number of hydrogen-bond donors (Lipinski definition) is 1. The van der Waals surface area contributed by atoms with Gasteiger partial charge in [0.2, 0.25) is 0 Å². The molecule has 0 aliphatic heterocycles. The van der Waals surface area contributed by atoms with Gasteiger partial charge in [0.25, 0.3) is 0 Å². The van der Waals surface area contributed by atoms with E-state index in [1.54, 1.807) is 12.4 Å². The predicted octanol–water partition coefficient (Wildman–Crippen LogP) is 2.91. The maximum atomic E-state index is 11.5. The van der Waals surface area contributed by atoms with E-state index in [2.05, 4.69) is 32.8 Å². The van der Waals surface area contributed by atoms with Gasteiger partial charge in [-0.25, -0.2) is 9.19 Å². The minimum atomic E-state index is -1.34. The summed E-state index contributed by atoms with van der Waals surface area (Å²) < 4.78 is 11.9. The molecule has 1 aromatic rings. The van der Waals surface area contributed by atoms with Crippen molar-refractivity contribution in [2.75, 3.05) is 0 Å². The zero-order valence-electron chi connectivity index (χ0n) is 11.0. The molecule has 4 nitrogen and oxygen atoms in total. The molecule has 0 saturated heterocycles. The topological polar surface area (TPSA) is 68.9 Å². The first-order valence-electron chi connectivity index (χ1n) is 6.00. The fourth-order valence-electron chi connectivity index (χ4n) is 1.93. The highest BCUT2D eigenvalue weighted by Gasteiger charge is 2.29. The third-order valence-electron chi connectivity index (χ3n) is 2.96. The van der Waals surface area contributed by atoms with Crippen molar-refractivity contribution in [3.8, 4) is 0 Å². The van der Waals surface area contributed by atoms with Crippen molar-refractivity contribution in [1.82, 2.24) is 9.97 Å². The normalized spacial score (nSPS) is 15.4. The third-order valence-corrected chi connectivity index (χ3v) is 4.60. The van der Waals surface area contributed by atoms with E-state index in [0.29, 0.717) is 0 Å². The van der Waals surface area contributed by atoms with E-state index in [1.165, 1.54) is 0 Å². The number of nitrogens with zero attached hydrogens (tertiary/aromatic N) is 2. The van der Waals surface area contributed by atoms with Crippen LogP contribution >= 0.6 is 15.9 Å². The molecule has 0 aromatic carbocycles. The summed E-state index contributed by atoms with van der Waals surface area (Å²) in [5.41, 5.74) is 0.935. The van der Waals surface area contributed by atoms with Crippen LogP contribution in [-0.2, 0) is 11.0 Å². The van der Waals surface area contributed by atoms with Crippen LogP contribution in [0.5, 0.6) is 0 Å². The van der Waals surface area contributed by atoms with Gasteiger partial charge in [-0.1, -0.05) is 13.3 Å². The highest BCUT2D eigenvalue weighted by Crippen LogP contribution is 2.31. The lowest BCUT2D eigenvalue weighted by Crippen LogP contribution is -2.33. The van der Waals surface area contributed by atoms with Gasteiger partial charge in [0.05, 0.1) is 27.6 Å². The van der Waals surface area contributed by atoms with Gasteiger partial charge >= 0.3 is 0 Å². The molecule has 0 spiro atoms. The standard InChI is InChI=1S/C12H20BrN3OS/c1-4-5-9(6-12(2,3)18(14)17)10-7-15-8-11(13)16-10/h7-9H,4-6,14H2,1-3H3/t9-,18?/m0/s1. The maximum absolute atomic E-state index is 11.5. The smallest absolute Gasteiger partial charge is 0.124 e. The van der Waals surface area contributed by atoms with Gasteiger partial charge in [0.15, 0.2) is 0 Å². The Morgan fingerprint density at radius 1 is 1.50 bits per heavy atom. The highest BCUT2D eigenvalue weighted by molar-refractivity contribution is 9.10. The van der Waals surface area contributed by atoms with E-state index in [4.69, 9.17) is 5.14 Å². The fraction of sp³-hybridized carbons (Fsp3) is 0.667. The van der Waals surface area contributed by atoms with Crippen LogP contribution in [0.15, 0.2) is 17.0 Å².